The fourth-order valence-electron chi connectivity index (χ4n) is 5.80. The molecule has 1 N–H and O–H groups in total. The van der Waals surface area contributed by atoms with Crippen molar-refractivity contribution in [1.82, 2.24) is 9.88 Å². The molecule has 170 valence electrons. The molecule has 0 amide bonds. The first-order valence-electron chi connectivity index (χ1n) is 12.0. The first-order valence-corrected chi connectivity index (χ1v) is 12.0. The van der Waals surface area contributed by atoms with Crippen molar-refractivity contribution in [1.29, 1.82) is 0 Å². The summed E-state index contributed by atoms with van der Waals surface area (Å²) in [5.74, 6) is 2.82. The van der Waals surface area contributed by atoms with Gasteiger partial charge in [0.1, 0.15) is 0 Å². The van der Waals surface area contributed by atoms with E-state index in [9.17, 15) is 4.79 Å². The third-order valence-corrected chi connectivity index (χ3v) is 7.87. The number of nitrogens with zero attached hydrogens (tertiary/aromatic N) is 2. The molecule has 0 unspecified atom stereocenters. The normalized spacial score (nSPS) is 17.8. The van der Waals surface area contributed by atoms with E-state index in [1.54, 1.807) is 0 Å². The van der Waals surface area contributed by atoms with Gasteiger partial charge in [0, 0.05) is 58.0 Å². The summed E-state index contributed by atoms with van der Waals surface area (Å²) in [6, 6.07) is 11.0. The smallest absolute Gasteiger partial charge is 0.195 e. The van der Waals surface area contributed by atoms with Crippen LogP contribution in [0.25, 0.3) is 10.9 Å². The van der Waals surface area contributed by atoms with Gasteiger partial charge in [-0.05, 0) is 68.8 Å². The molecule has 0 bridgehead atoms. The Morgan fingerprint density at radius 2 is 1.91 bits per heavy atom. The van der Waals surface area contributed by atoms with Crippen molar-refractivity contribution in [3.8, 4) is 12.3 Å². The first-order chi connectivity index (χ1) is 15.8. The van der Waals surface area contributed by atoms with Gasteiger partial charge in [-0.1, -0.05) is 32.8 Å². The number of carbonyl (C=O) groups excluding carboxylic acids is 1. The number of rotatable bonds is 3. The van der Waals surface area contributed by atoms with Crippen LogP contribution >= 0.6 is 0 Å². The highest BCUT2D eigenvalue weighted by Gasteiger charge is 2.40. The van der Waals surface area contributed by atoms with Gasteiger partial charge >= 0.3 is 0 Å². The lowest BCUT2D eigenvalue weighted by Gasteiger charge is -2.39. The Kier molecular flexibility index (Phi) is 5.14. The predicted octanol–water partition coefficient (Wildman–Crippen LogP) is 5.11. The summed E-state index contributed by atoms with van der Waals surface area (Å²) in [4.78, 5) is 22.3. The minimum Gasteiger partial charge on any atom is -0.371 e. The van der Waals surface area contributed by atoms with E-state index in [0.29, 0.717) is 6.04 Å². The highest BCUT2D eigenvalue weighted by atomic mass is 16.1. The summed E-state index contributed by atoms with van der Waals surface area (Å²) in [6.45, 7) is 8.74. The number of nitrogens with one attached hydrogen (secondary N) is 1. The lowest BCUT2D eigenvalue weighted by molar-refractivity contribution is 0.103. The summed E-state index contributed by atoms with van der Waals surface area (Å²) in [6.07, 6.45) is 8.86. The van der Waals surface area contributed by atoms with Crippen LogP contribution in [-0.4, -0.2) is 48.9 Å². The van der Waals surface area contributed by atoms with Crippen LogP contribution in [0.5, 0.6) is 0 Å². The molecule has 0 radical (unpaired) electrons. The second kappa shape index (κ2) is 7.78. The van der Waals surface area contributed by atoms with E-state index in [1.807, 2.05) is 18.2 Å². The van der Waals surface area contributed by atoms with E-state index in [1.165, 1.54) is 24.1 Å². The fraction of sp³-hybridized carbons (Fsp3) is 0.414. The number of anilines is 1. The number of hydrogen-bond donors (Lipinski definition) is 1. The van der Waals surface area contributed by atoms with E-state index < -0.39 is 0 Å². The van der Waals surface area contributed by atoms with Crippen LogP contribution in [0.2, 0.25) is 0 Å². The molecule has 1 aromatic heterocycles. The molecule has 1 aliphatic carbocycles. The lowest BCUT2D eigenvalue weighted by atomic mass is 9.70. The largest absolute Gasteiger partial charge is 0.371 e. The number of aromatic amines is 1. The molecule has 0 spiro atoms. The van der Waals surface area contributed by atoms with Crippen molar-refractivity contribution in [3.63, 3.8) is 0 Å². The van der Waals surface area contributed by atoms with Gasteiger partial charge in [0.15, 0.2) is 5.78 Å². The number of ketones is 1. The number of hydrogen-bond acceptors (Lipinski definition) is 3. The fourth-order valence-corrected chi connectivity index (χ4v) is 5.80. The molecule has 3 aromatic rings. The highest BCUT2D eigenvalue weighted by Crippen LogP contribution is 2.46. The molecular weight excluding hydrogens is 406 g/mol. The van der Waals surface area contributed by atoms with Gasteiger partial charge < -0.3 is 14.8 Å². The van der Waals surface area contributed by atoms with Gasteiger partial charge in [-0.25, -0.2) is 0 Å². The second-order valence-electron chi connectivity index (χ2n) is 10.3. The maximum Gasteiger partial charge on any atom is 0.195 e. The summed E-state index contributed by atoms with van der Waals surface area (Å²) in [7, 11) is 4.35. The lowest BCUT2D eigenvalue weighted by Crippen LogP contribution is -2.42. The number of fused-ring (bicyclic) bond motifs is 4. The summed E-state index contributed by atoms with van der Waals surface area (Å²) < 4.78 is 0. The van der Waals surface area contributed by atoms with Gasteiger partial charge in [-0.3, -0.25) is 4.79 Å². The maximum atomic E-state index is 13.8. The molecule has 2 heterocycles. The number of carbonyl (C=O) groups is 1. The Bertz CT molecular complexity index is 1300. The number of aryl methyl sites for hydroxylation is 1. The van der Waals surface area contributed by atoms with Gasteiger partial charge in [0.2, 0.25) is 0 Å². The Balaban J connectivity index is 1.63. The summed E-state index contributed by atoms with van der Waals surface area (Å²) >= 11 is 0. The Morgan fingerprint density at radius 1 is 1.18 bits per heavy atom. The first kappa shape index (κ1) is 21.8. The average Bonchev–Trinajstić information content (AvgIpc) is 3.22. The van der Waals surface area contributed by atoms with Crippen LogP contribution in [-0.2, 0) is 11.8 Å². The van der Waals surface area contributed by atoms with Crippen molar-refractivity contribution < 1.29 is 4.79 Å². The monoisotopic (exact) mass is 439 g/mol. The number of terminal acetylenes is 1. The quantitative estimate of drug-likeness (QED) is 0.576. The van der Waals surface area contributed by atoms with Gasteiger partial charge in [0.25, 0.3) is 0 Å². The van der Waals surface area contributed by atoms with Crippen molar-refractivity contribution >= 4 is 22.4 Å². The van der Waals surface area contributed by atoms with Crippen molar-refractivity contribution in [2.24, 2.45) is 0 Å². The van der Waals surface area contributed by atoms with Crippen LogP contribution in [0, 0.1) is 12.3 Å². The van der Waals surface area contributed by atoms with Gasteiger partial charge in [0.05, 0.1) is 5.56 Å². The third kappa shape index (κ3) is 3.30. The van der Waals surface area contributed by atoms with E-state index in [-0.39, 0.29) is 11.2 Å². The van der Waals surface area contributed by atoms with Crippen molar-refractivity contribution in [3.05, 3.63) is 63.8 Å². The van der Waals surface area contributed by atoms with Crippen molar-refractivity contribution in [2.45, 2.75) is 51.5 Å². The van der Waals surface area contributed by atoms with Crippen LogP contribution in [0.4, 0.5) is 5.69 Å². The van der Waals surface area contributed by atoms with E-state index in [2.05, 4.69) is 67.7 Å². The Hall–Kier alpha value is -3.03. The third-order valence-electron chi connectivity index (χ3n) is 7.87. The van der Waals surface area contributed by atoms with Gasteiger partial charge in [-0.15, -0.1) is 6.42 Å². The maximum absolute atomic E-state index is 13.8. The number of H-pyrrole nitrogens is 1. The topological polar surface area (TPSA) is 39.3 Å². The average molecular weight is 440 g/mol. The Labute approximate surface area is 197 Å². The highest BCUT2D eigenvalue weighted by molar-refractivity contribution is 6.20. The molecule has 33 heavy (non-hydrogen) atoms. The van der Waals surface area contributed by atoms with Crippen LogP contribution in [0.3, 0.4) is 0 Å². The SMILES string of the molecule is C#Cc1ccc2c3c([nH]c2c1)C(C)(C)c1cc(N2CCC(N(C)C)CC2)c(CC)cc1C3=O. The number of aromatic nitrogens is 1. The van der Waals surface area contributed by atoms with Gasteiger partial charge in [-0.2, -0.15) is 0 Å². The molecule has 0 atom stereocenters. The molecule has 4 heteroatoms. The zero-order chi connectivity index (χ0) is 23.5. The minimum atomic E-state index is -0.309. The number of piperidine rings is 1. The molecular formula is C29H33N3O. The molecule has 0 saturated carbocycles. The number of benzene rings is 2. The van der Waals surface area contributed by atoms with Crippen molar-refractivity contribution in [2.75, 3.05) is 32.1 Å². The molecule has 2 aliphatic rings. The predicted molar refractivity (Wildman–Crippen MR) is 137 cm³/mol. The molecule has 1 saturated heterocycles. The van der Waals surface area contributed by atoms with Crippen LogP contribution in [0.1, 0.15) is 71.9 Å². The zero-order valence-electron chi connectivity index (χ0n) is 20.4. The van der Waals surface area contributed by atoms with Crippen LogP contribution < -0.4 is 4.90 Å². The standard InChI is InChI=1S/C29H33N3O/c1-7-18-9-10-21-24(15-18)30-28-26(21)27(33)22-16-19(8-2)25(17-23(22)29(28,3)4)32-13-11-20(12-14-32)31(5)6/h1,9-10,15-17,20,30H,8,11-14H2,2-6H3. The minimum absolute atomic E-state index is 0.117. The summed E-state index contributed by atoms with van der Waals surface area (Å²) in [5, 5.41) is 0.959. The molecule has 1 aliphatic heterocycles. The Morgan fingerprint density at radius 3 is 2.55 bits per heavy atom. The van der Waals surface area contributed by atoms with E-state index in [0.717, 1.165) is 58.4 Å². The molecule has 2 aromatic carbocycles. The molecule has 1 fully saturated rings. The van der Waals surface area contributed by atoms with E-state index in [4.69, 9.17) is 6.42 Å². The zero-order valence-corrected chi connectivity index (χ0v) is 20.4. The van der Waals surface area contributed by atoms with Crippen LogP contribution in [0.15, 0.2) is 30.3 Å². The molecule has 5 rings (SSSR count). The summed E-state index contributed by atoms with van der Waals surface area (Å²) in [5.41, 5.74) is 7.76. The second-order valence-corrected chi connectivity index (χ2v) is 10.3. The van der Waals surface area contributed by atoms with E-state index >= 15 is 0 Å². The molecule has 4 nitrogen and oxygen atoms in total.